The van der Waals surface area contributed by atoms with E-state index in [0.717, 1.165) is 4.47 Å². The number of para-hydroxylation sites is 1. The summed E-state index contributed by atoms with van der Waals surface area (Å²) in [6.45, 7) is 2.29. The van der Waals surface area contributed by atoms with Crippen molar-refractivity contribution >= 4 is 45.1 Å². The molecule has 0 aromatic heterocycles. The van der Waals surface area contributed by atoms with Gasteiger partial charge in [-0.2, -0.15) is 0 Å². The van der Waals surface area contributed by atoms with Crippen molar-refractivity contribution in [3.05, 3.63) is 64.1 Å². The maximum absolute atomic E-state index is 12.8. The number of ketones is 1. The molecular weight excluding hydrogens is 426 g/mol. The summed E-state index contributed by atoms with van der Waals surface area (Å²) in [4.78, 5) is 51.7. The molecule has 7 nitrogen and oxygen atoms in total. The fourth-order valence-electron chi connectivity index (χ4n) is 3.01. The topological polar surface area (TPSA) is 95.6 Å². The van der Waals surface area contributed by atoms with Crippen LogP contribution in [-0.4, -0.2) is 30.0 Å². The smallest absolute Gasteiger partial charge is 0.269 e. The quantitative estimate of drug-likeness (QED) is 0.560. The molecule has 1 atom stereocenters. The molecule has 1 aliphatic heterocycles. The van der Waals surface area contributed by atoms with Crippen LogP contribution in [0.25, 0.3) is 0 Å². The van der Waals surface area contributed by atoms with Crippen LogP contribution in [0.1, 0.15) is 34.1 Å². The van der Waals surface area contributed by atoms with Gasteiger partial charge in [0, 0.05) is 22.1 Å². The number of hydrogen-bond acceptors (Lipinski definition) is 4. The summed E-state index contributed by atoms with van der Waals surface area (Å²) in [5.41, 5.74) is 5.59. The number of anilines is 1. The highest BCUT2D eigenvalue weighted by molar-refractivity contribution is 9.10. The lowest BCUT2D eigenvalue weighted by atomic mass is 9.89. The fraction of sp³-hybridized carbons (Fsp3) is 0.200. The average molecular weight is 444 g/mol. The number of amides is 3. The number of rotatable bonds is 4. The van der Waals surface area contributed by atoms with Gasteiger partial charge in [-0.05, 0) is 42.8 Å². The van der Waals surface area contributed by atoms with Gasteiger partial charge in [0.15, 0.2) is 11.7 Å². The number of hydrogen-bond donors (Lipinski definition) is 2. The monoisotopic (exact) mass is 443 g/mol. The minimum Gasteiger partial charge on any atom is -0.311 e. The Morgan fingerprint density at radius 2 is 1.71 bits per heavy atom. The van der Waals surface area contributed by atoms with Crippen LogP contribution in [0, 0.1) is 5.92 Å². The number of nitrogens with one attached hydrogen (secondary N) is 2. The molecule has 8 heteroatoms. The first kappa shape index (κ1) is 19.8. The number of carbonyl (C=O) groups excluding carboxylic acids is 4. The van der Waals surface area contributed by atoms with E-state index in [9.17, 15) is 19.2 Å². The van der Waals surface area contributed by atoms with E-state index in [0.29, 0.717) is 29.8 Å². The highest BCUT2D eigenvalue weighted by Gasteiger charge is 2.43. The molecular formula is C20H18BrN3O4. The largest absolute Gasteiger partial charge is 0.311 e. The molecule has 0 spiro atoms. The van der Waals surface area contributed by atoms with Crippen molar-refractivity contribution in [3.8, 4) is 0 Å². The Morgan fingerprint density at radius 3 is 2.39 bits per heavy atom. The number of Topliss-reactive ketones (excluding diaryl/α,β-unsaturated/α-hetero) is 1. The number of carbonyl (C=O) groups is 4. The van der Waals surface area contributed by atoms with Crippen LogP contribution < -0.4 is 15.8 Å². The lowest BCUT2D eigenvalue weighted by molar-refractivity contribution is -0.132. The van der Waals surface area contributed by atoms with E-state index < -0.39 is 29.4 Å². The third kappa shape index (κ3) is 3.82. The van der Waals surface area contributed by atoms with Gasteiger partial charge >= 0.3 is 0 Å². The second-order valence-electron chi connectivity index (χ2n) is 6.25. The summed E-state index contributed by atoms with van der Waals surface area (Å²) >= 11 is 3.27. The molecule has 28 heavy (non-hydrogen) atoms. The van der Waals surface area contributed by atoms with Crippen LogP contribution in [0.5, 0.6) is 0 Å². The molecule has 2 aromatic carbocycles. The third-order valence-electron chi connectivity index (χ3n) is 4.35. The van der Waals surface area contributed by atoms with Crippen LogP contribution in [0.15, 0.2) is 53.0 Å². The van der Waals surface area contributed by atoms with Crippen molar-refractivity contribution in [1.29, 1.82) is 0 Å². The Morgan fingerprint density at radius 1 is 1.04 bits per heavy atom. The summed E-state index contributed by atoms with van der Waals surface area (Å²) in [5.74, 6) is -4.13. The second kappa shape index (κ2) is 8.35. The maximum atomic E-state index is 12.8. The first-order valence-corrected chi connectivity index (χ1v) is 9.53. The molecule has 3 rings (SSSR count). The summed E-state index contributed by atoms with van der Waals surface area (Å²) < 4.78 is 0.807. The Balaban J connectivity index is 1.77. The molecule has 0 radical (unpaired) electrons. The molecule has 1 aliphatic rings. The van der Waals surface area contributed by atoms with E-state index in [4.69, 9.17) is 0 Å². The minimum atomic E-state index is -1.54. The van der Waals surface area contributed by atoms with Crippen molar-refractivity contribution in [2.45, 2.75) is 13.3 Å². The van der Waals surface area contributed by atoms with Crippen molar-refractivity contribution in [2.24, 2.45) is 5.92 Å². The van der Waals surface area contributed by atoms with Crippen LogP contribution in [0.3, 0.4) is 0 Å². The van der Waals surface area contributed by atoms with Crippen molar-refractivity contribution in [2.75, 3.05) is 11.4 Å². The fourth-order valence-corrected chi connectivity index (χ4v) is 3.27. The van der Waals surface area contributed by atoms with Crippen LogP contribution >= 0.6 is 15.9 Å². The van der Waals surface area contributed by atoms with Gasteiger partial charge in [0.1, 0.15) is 0 Å². The van der Waals surface area contributed by atoms with Gasteiger partial charge in [0.2, 0.25) is 5.91 Å². The minimum absolute atomic E-state index is 0.315. The Kier molecular flexibility index (Phi) is 5.89. The van der Waals surface area contributed by atoms with Gasteiger partial charge in [0.05, 0.1) is 5.69 Å². The highest BCUT2D eigenvalue weighted by atomic mass is 79.9. The van der Waals surface area contributed by atoms with Gasteiger partial charge < -0.3 is 4.90 Å². The number of benzene rings is 2. The van der Waals surface area contributed by atoms with E-state index >= 15 is 0 Å². The standard InChI is InChI=1S/C20H18BrN3O4/c1-2-11-24-15-6-4-3-5-14(15)17(25)16(20(24)28)19(27)23-22-18(26)12-7-9-13(21)10-8-12/h3-10,16H,2,11H2,1H3,(H,22,26)(H,23,27). The normalized spacial score (nSPS) is 15.8. The van der Waals surface area contributed by atoms with Crippen molar-refractivity contribution < 1.29 is 19.2 Å². The van der Waals surface area contributed by atoms with E-state index in [-0.39, 0.29) is 0 Å². The Labute approximate surface area is 170 Å². The Bertz CT molecular complexity index is 943. The first-order chi connectivity index (χ1) is 13.4. The van der Waals surface area contributed by atoms with E-state index in [1.807, 2.05) is 6.92 Å². The predicted molar refractivity (Wildman–Crippen MR) is 107 cm³/mol. The van der Waals surface area contributed by atoms with Crippen molar-refractivity contribution in [3.63, 3.8) is 0 Å². The summed E-state index contributed by atoms with van der Waals surface area (Å²) in [6.07, 6.45) is 0.670. The number of nitrogens with zero attached hydrogens (tertiary/aromatic N) is 1. The average Bonchev–Trinajstić information content (AvgIpc) is 2.70. The van der Waals surface area contributed by atoms with Crippen LogP contribution in [0.2, 0.25) is 0 Å². The molecule has 0 saturated heterocycles. The second-order valence-corrected chi connectivity index (χ2v) is 7.17. The number of halogens is 1. The van der Waals surface area contributed by atoms with Gasteiger partial charge in [0.25, 0.3) is 11.8 Å². The molecule has 3 amide bonds. The van der Waals surface area contributed by atoms with Crippen LogP contribution in [-0.2, 0) is 9.59 Å². The van der Waals surface area contributed by atoms with Gasteiger partial charge in [-0.25, -0.2) is 0 Å². The maximum Gasteiger partial charge on any atom is 0.269 e. The predicted octanol–water partition coefficient (Wildman–Crippen LogP) is 2.47. The lowest BCUT2D eigenvalue weighted by Crippen LogP contribution is -2.54. The molecule has 2 aromatic rings. The zero-order valence-electron chi connectivity index (χ0n) is 15.1. The summed E-state index contributed by atoms with van der Waals surface area (Å²) in [6, 6.07) is 13.2. The molecule has 1 heterocycles. The molecule has 1 unspecified atom stereocenters. The van der Waals surface area contributed by atoms with E-state index in [1.54, 1.807) is 48.5 Å². The molecule has 0 aliphatic carbocycles. The molecule has 144 valence electrons. The number of fused-ring (bicyclic) bond motifs is 1. The first-order valence-electron chi connectivity index (χ1n) is 8.74. The van der Waals surface area contributed by atoms with E-state index in [2.05, 4.69) is 26.8 Å². The Hall–Kier alpha value is -3.00. The summed E-state index contributed by atoms with van der Waals surface area (Å²) in [5, 5.41) is 0. The zero-order chi connectivity index (χ0) is 20.3. The highest BCUT2D eigenvalue weighted by Crippen LogP contribution is 2.30. The third-order valence-corrected chi connectivity index (χ3v) is 4.88. The van der Waals surface area contributed by atoms with Gasteiger partial charge in [-0.3, -0.25) is 30.0 Å². The van der Waals surface area contributed by atoms with Crippen LogP contribution in [0.4, 0.5) is 5.69 Å². The lowest BCUT2D eigenvalue weighted by Gasteiger charge is -2.32. The SMILES string of the molecule is CCCN1C(=O)C(C(=O)NNC(=O)c2ccc(Br)cc2)C(=O)c2ccccc21. The molecule has 0 bridgehead atoms. The molecule has 2 N–H and O–H groups in total. The van der Waals surface area contributed by atoms with Crippen molar-refractivity contribution in [1.82, 2.24) is 10.9 Å². The summed E-state index contributed by atoms with van der Waals surface area (Å²) in [7, 11) is 0. The zero-order valence-corrected chi connectivity index (χ0v) is 16.7. The van der Waals surface area contributed by atoms with E-state index in [1.165, 1.54) is 4.90 Å². The van der Waals surface area contributed by atoms with Gasteiger partial charge in [-0.15, -0.1) is 0 Å². The molecule has 0 fully saturated rings. The number of hydrazine groups is 1. The van der Waals surface area contributed by atoms with Gasteiger partial charge in [-0.1, -0.05) is 35.0 Å². The molecule has 0 saturated carbocycles.